The van der Waals surface area contributed by atoms with Crippen LogP contribution in [-0.2, 0) is 9.53 Å². The Morgan fingerprint density at radius 1 is 1.26 bits per heavy atom. The van der Waals surface area contributed by atoms with E-state index in [1.807, 2.05) is 0 Å². The van der Waals surface area contributed by atoms with Gasteiger partial charge in [0.25, 0.3) is 0 Å². The van der Waals surface area contributed by atoms with Crippen LogP contribution in [0.15, 0.2) is 0 Å². The minimum atomic E-state index is 0.124. The van der Waals surface area contributed by atoms with E-state index in [0.717, 1.165) is 45.4 Å². The van der Waals surface area contributed by atoms with Crippen LogP contribution in [0.3, 0.4) is 0 Å². The molecule has 0 radical (unpaired) electrons. The number of hydrogen-bond acceptors (Lipinski definition) is 4. The Balaban J connectivity index is 1.63. The number of carbonyl (C=O) groups excluding carboxylic acids is 1. The SMILES string of the molecule is CC1CC(NCC(=O)NC2CCOCC2)CCN1C. The smallest absolute Gasteiger partial charge is 0.234 e. The molecule has 0 aliphatic carbocycles. The highest BCUT2D eigenvalue weighted by Gasteiger charge is 2.23. The predicted octanol–water partition coefficient (Wildman–Crippen LogP) is 0.354. The third-order valence-corrected chi connectivity index (χ3v) is 4.35. The zero-order valence-electron chi connectivity index (χ0n) is 12.2. The lowest BCUT2D eigenvalue weighted by Gasteiger charge is -2.35. The summed E-state index contributed by atoms with van der Waals surface area (Å²) < 4.78 is 5.29. The van der Waals surface area contributed by atoms with Crippen LogP contribution in [0.2, 0.25) is 0 Å². The number of hydrogen-bond donors (Lipinski definition) is 2. The quantitative estimate of drug-likeness (QED) is 0.773. The number of rotatable bonds is 4. The maximum absolute atomic E-state index is 11.9. The lowest BCUT2D eigenvalue weighted by molar-refractivity contribution is -0.121. The van der Waals surface area contributed by atoms with Gasteiger partial charge in [-0.3, -0.25) is 4.79 Å². The lowest BCUT2D eigenvalue weighted by atomic mass is 9.99. The average Bonchev–Trinajstić information content (AvgIpc) is 2.41. The van der Waals surface area contributed by atoms with Gasteiger partial charge < -0.3 is 20.3 Å². The fraction of sp³-hybridized carbons (Fsp3) is 0.929. The van der Waals surface area contributed by atoms with Crippen molar-refractivity contribution < 1.29 is 9.53 Å². The second kappa shape index (κ2) is 7.22. The Labute approximate surface area is 116 Å². The van der Waals surface area contributed by atoms with E-state index >= 15 is 0 Å². The first kappa shape index (κ1) is 14.8. The molecule has 0 aromatic rings. The average molecular weight is 269 g/mol. The van der Waals surface area contributed by atoms with Gasteiger partial charge in [-0.2, -0.15) is 0 Å². The van der Waals surface area contributed by atoms with Gasteiger partial charge >= 0.3 is 0 Å². The van der Waals surface area contributed by atoms with Crippen LogP contribution in [-0.4, -0.2) is 62.3 Å². The Kier molecular flexibility index (Phi) is 5.60. The molecule has 0 spiro atoms. The van der Waals surface area contributed by atoms with Crippen molar-refractivity contribution in [2.45, 2.75) is 50.7 Å². The zero-order valence-corrected chi connectivity index (χ0v) is 12.2. The number of carbonyl (C=O) groups is 1. The maximum atomic E-state index is 11.9. The molecule has 19 heavy (non-hydrogen) atoms. The normalized spacial score (nSPS) is 30.2. The highest BCUT2D eigenvalue weighted by molar-refractivity contribution is 5.78. The van der Waals surface area contributed by atoms with E-state index in [2.05, 4.69) is 29.5 Å². The van der Waals surface area contributed by atoms with Gasteiger partial charge in [0.1, 0.15) is 0 Å². The van der Waals surface area contributed by atoms with Gasteiger partial charge in [0.05, 0.1) is 6.54 Å². The number of nitrogens with one attached hydrogen (secondary N) is 2. The predicted molar refractivity (Wildman–Crippen MR) is 75.1 cm³/mol. The fourth-order valence-electron chi connectivity index (χ4n) is 2.83. The van der Waals surface area contributed by atoms with Crippen molar-refractivity contribution in [3.63, 3.8) is 0 Å². The van der Waals surface area contributed by atoms with Crippen LogP contribution in [0.1, 0.15) is 32.6 Å². The van der Waals surface area contributed by atoms with E-state index in [0.29, 0.717) is 24.7 Å². The molecule has 0 aromatic heterocycles. The van der Waals surface area contributed by atoms with E-state index in [1.165, 1.54) is 0 Å². The Bertz CT molecular complexity index is 292. The summed E-state index contributed by atoms with van der Waals surface area (Å²) in [7, 11) is 2.17. The minimum Gasteiger partial charge on any atom is -0.381 e. The van der Waals surface area contributed by atoms with Crippen molar-refractivity contribution in [3.05, 3.63) is 0 Å². The summed E-state index contributed by atoms with van der Waals surface area (Å²) in [6.45, 7) is 5.34. The third kappa shape index (κ3) is 4.75. The minimum absolute atomic E-state index is 0.124. The molecule has 2 unspecified atom stereocenters. The Morgan fingerprint density at radius 3 is 2.68 bits per heavy atom. The Morgan fingerprint density at radius 2 is 2.00 bits per heavy atom. The van der Waals surface area contributed by atoms with Crippen molar-refractivity contribution in [1.82, 2.24) is 15.5 Å². The molecule has 2 heterocycles. The number of ether oxygens (including phenoxy) is 1. The van der Waals surface area contributed by atoms with Gasteiger partial charge in [-0.15, -0.1) is 0 Å². The molecule has 0 bridgehead atoms. The zero-order chi connectivity index (χ0) is 13.7. The summed E-state index contributed by atoms with van der Waals surface area (Å²) in [5, 5.41) is 6.48. The summed E-state index contributed by atoms with van der Waals surface area (Å²) in [5.74, 6) is 0.124. The number of nitrogens with zero attached hydrogens (tertiary/aromatic N) is 1. The largest absolute Gasteiger partial charge is 0.381 e. The van der Waals surface area contributed by atoms with E-state index in [9.17, 15) is 4.79 Å². The van der Waals surface area contributed by atoms with E-state index in [4.69, 9.17) is 4.74 Å². The van der Waals surface area contributed by atoms with Crippen LogP contribution >= 0.6 is 0 Å². The van der Waals surface area contributed by atoms with Crippen LogP contribution < -0.4 is 10.6 Å². The van der Waals surface area contributed by atoms with Crippen molar-refractivity contribution in [2.24, 2.45) is 0 Å². The van der Waals surface area contributed by atoms with E-state index in [-0.39, 0.29) is 5.91 Å². The first-order valence-corrected chi connectivity index (χ1v) is 7.46. The molecular formula is C14H27N3O2. The molecule has 2 saturated heterocycles. The molecule has 0 aromatic carbocycles. The van der Waals surface area contributed by atoms with Crippen molar-refractivity contribution >= 4 is 5.91 Å². The molecule has 5 nitrogen and oxygen atoms in total. The molecule has 110 valence electrons. The summed E-state index contributed by atoms with van der Waals surface area (Å²) in [4.78, 5) is 14.3. The first-order valence-electron chi connectivity index (χ1n) is 7.46. The van der Waals surface area contributed by atoms with Crippen molar-refractivity contribution in [1.29, 1.82) is 0 Å². The fourth-order valence-corrected chi connectivity index (χ4v) is 2.83. The summed E-state index contributed by atoms with van der Waals surface area (Å²) in [6.07, 6.45) is 4.14. The highest BCUT2D eigenvalue weighted by atomic mass is 16.5. The summed E-state index contributed by atoms with van der Waals surface area (Å²) in [6, 6.07) is 1.39. The molecule has 2 rings (SSSR count). The van der Waals surface area contributed by atoms with Crippen molar-refractivity contribution in [2.75, 3.05) is 33.4 Å². The molecule has 2 aliphatic rings. The molecule has 5 heteroatoms. The van der Waals surface area contributed by atoms with Crippen LogP contribution in [0.25, 0.3) is 0 Å². The number of piperidine rings is 1. The molecule has 2 atom stereocenters. The summed E-state index contributed by atoms with van der Waals surface area (Å²) in [5.41, 5.74) is 0. The standard InChI is InChI=1S/C14H27N3O2/c1-11-9-13(3-6-17(11)2)15-10-14(18)16-12-4-7-19-8-5-12/h11-13,15H,3-10H2,1-2H3,(H,16,18). The molecule has 2 aliphatic heterocycles. The molecular weight excluding hydrogens is 242 g/mol. The van der Waals surface area contributed by atoms with Gasteiger partial charge in [0.15, 0.2) is 0 Å². The van der Waals surface area contributed by atoms with Gasteiger partial charge in [0, 0.05) is 31.3 Å². The second-order valence-electron chi connectivity index (χ2n) is 5.89. The van der Waals surface area contributed by atoms with Gasteiger partial charge in [0.2, 0.25) is 5.91 Å². The molecule has 0 saturated carbocycles. The molecule has 1 amide bonds. The van der Waals surface area contributed by atoms with E-state index < -0.39 is 0 Å². The monoisotopic (exact) mass is 269 g/mol. The topological polar surface area (TPSA) is 53.6 Å². The van der Waals surface area contributed by atoms with E-state index in [1.54, 1.807) is 0 Å². The van der Waals surface area contributed by atoms with Crippen molar-refractivity contribution in [3.8, 4) is 0 Å². The van der Waals surface area contributed by atoms with Crippen LogP contribution in [0.5, 0.6) is 0 Å². The highest BCUT2D eigenvalue weighted by Crippen LogP contribution is 2.14. The lowest BCUT2D eigenvalue weighted by Crippen LogP contribution is -2.49. The van der Waals surface area contributed by atoms with Gasteiger partial charge in [-0.25, -0.2) is 0 Å². The molecule has 2 N–H and O–H groups in total. The molecule has 2 fully saturated rings. The van der Waals surface area contributed by atoms with Gasteiger partial charge in [-0.1, -0.05) is 0 Å². The third-order valence-electron chi connectivity index (χ3n) is 4.35. The number of amides is 1. The van der Waals surface area contributed by atoms with Crippen LogP contribution in [0.4, 0.5) is 0 Å². The van der Waals surface area contributed by atoms with Gasteiger partial charge in [-0.05, 0) is 46.2 Å². The Hall–Kier alpha value is -0.650. The van der Waals surface area contributed by atoms with Crippen LogP contribution in [0, 0.1) is 0 Å². The maximum Gasteiger partial charge on any atom is 0.234 e. The first-order chi connectivity index (χ1) is 9.15. The second-order valence-corrected chi connectivity index (χ2v) is 5.89. The number of likely N-dealkylation sites (tertiary alicyclic amines) is 1. The summed E-state index contributed by atoms with van der Waals surface area (Å²) >= 11 is 0.